The number of aromatic nitrogens is 5. The van der Waals surface area contributed by atoms with E-state index in [1.807, 2.05) is 26.0 Å². The van der Waals surface area contributed by atoms with Crippen molar-refractivity contribution in [3.8, 4) is 0 Å². The van der Waals surface area contributed by atoms with Crippen molar-refractivity contribution >= 4 is 17.7 Å². The molecule has 3 heterocycles. The van der Waals surface area contributed by atoms with Crippen LogP contribution >= 0.6 is 0 Å². The number of hydrogen-bond acceptors (Lipinski definition) is 7. The fourth-order valence-electron chi connectivity index (χ4n) is 4.05. The fraction of sp³-hybridized carbons (Fsp3) is 0.600. The number of rotatable bonds is 9. The van der Waals surface area contributed by atoms with E-state index in [9.17, 15) is 14.7 Å². The number of carboxylic acids is 1. The summed E-state index contributed by atoms with van der Waals surface area (Å²) in [5.74, 6) is -0.397. The minimum Gasteiger partial charge on any atom is -0.481 e. The van der Waals surface area contributed by atoms with E-state index >= 15 is 0 Å². The van der Waals surface area contributed by atoms with Gasteiger partial charge in [0.2, 0.25) is 5.91 Å². The number of hydrogen-bond donors (Lipinski definition) is 3. The van der Waals surface area contributed by atoms with Crippen LogP contribution in [0.25, 0.3) is 0 Å². The molecule has 3 rings (SSSR count). The number of carboxylic acid groups (broad SMARTS) is 1. The van der Waals surface area contributed by atoms with Gasteiger partial charge in [-0.1, -0.05) is 25.1 Å². The van der Waals surface area contributed by atoms with Gasteiger partial charge < -0.3 is 15.3 Å². The van der Waals surface area contributed by atoms with Crippen LogP contribution in [0.5, 0.6) is 0 Å². The molecule has 0 aromatic carbocycles. The zero-order valence-electron chi connectivity index (χ0n) is 17.6. The highest BCUT2D eigenvalue weighted by atomic mass is 16.4. The van der Waals surface area contributed by atoms with Crippen molar-refractivity contribution in [3.05, 3.63) is 29.7 Å². The van der Waals surface area contributed by atoms with Gasteiger partial charge in [0.15, 0.2) is 5.82 Å². The number of tetrazole rings is 1. The van der Waals surface area contributed by atoms with Crippen LogP contribution in [0.4, 0.5) is 5.82 Å². The van der Waals surface area contributed by atoms with Crippen LogP contribution in [0.2, 0.25) is 0 Å². The lowest BCUT2D eigenvalue weighted by atomic mass is 9.81. The van der Waals surface area contributed by atoms with Crippen LogP contribution in [0.3, 0.4) is 0 Å². The third-order valence-electron chi connectivity index (χ3n) is 5.62. The van der Waals surface area contributed by atoms with E-state index < -0.39 is 17.8 Å². The van der Waals surface area contributed by atoms with Crippen LogP contribution < -0.4 is 10.2 Å². The normalized spacial score (nSPS) is 18.4. The van der Waals surface area contributed by atoms with Gasteiger partial charge >= 0.3 is 5.97 Å². The predicted octanol–water partition coefficient (Wildman–Crippen LogP) is 1.24. The summed E-state index contributed by atoms with van der Waals surface area (Å²) in [7, 11) is 1.65. The second-order valence-corrected chi connectivity index (χ2v) is 8.23. The van der Waals surface area contributed by atoms with Crippen LogP contribution in [0.1, 0.15) is 44.0 Å². The van der Waals surface area contributed by atoms with Crippen LogP contribution in [0, 0.1) is 17.8 Å². The molecular weight excluding hydrogens is 386 g/mol. The zero-order chi connectivity index (χ0) is 21.7. The minimum atomic E-state index is -0.861. The maximum Gasteiger partial charge on any atom is 0.307 e. The molecule has 3 N–H and O–H groups in total. The van der Waals surface area contributed by atoms with Gasteiger partial charge in [0.25, 0.3) is 0 Å². The van der Waals surface area contributed by atoms with Crippen molar-refractivity contribution in [1.82, 2.24) is 30.9 Å². The third-order valence-corrected chi connectivity index (χ3v) is 5.62. The predicted molar refractivity (Wildman–Crippen MR) is 110 cm³/mol. The number of carbonyl (C=O) groups is 2. The summed E-state index contributed by atoms with van der Waals surface area (Å²) in [5, 5.41) is 26.7. The molecule has 3 atom stereocenters. The van der Waals surface area contributed by atoms with E-state index in [0.717, 1.165) is 24.3 Å². The number of nitrogens with one attached hydrogen (secondary N) is 2. The molecule has 1 aliphatic rings. The maximum absolute atomic E-state index is 12.0. The number of H-pyrrole nitrogens is 1. The number of carbonyl (C=O) groups excluding carboxylic acids is 1. The molecule has 162 valence electrons. The summed E-state index contributed by atoms with van der Waals surface area (Å²) in [6.45, 7) is 5.43. The Bertz CT molecular complexity index is 839. The van der Waals surface area contributed by atoms with Crippen molar-refractivity contribution in [2.75, 3.05) is 25.0 Å². The van der Waals surface area contributed by atoms with E-state index in [1.165, 1.54) is 0 Å². The Morgan fingerprint density at radius 2 is 2.17 bits per heavy atom. The summed E-state index contributed by atoms with van der Waals surface area (Å²) in [6.07, 6.45) is 3.55. The molecule has 0 bridgehead atoms. The second kappa shape index (κ2) is 9.64. The van der Waals surface area contributed by atoms with Crippen LogP contribution in [-0.4, -0.2) is 62.7 Å². The maximum atomic E-state index is 12.0. The number of anilines is 1. The Balaban J connectivity index is 1.74. The first kappa shape index (κ1) is 21.7. The van der Waals surface area contributed by atoms with Crippen LogP contribution in [-0.2, 0) is 16.0 Å². The van der Waals surface area contributed by atoms with E-state index in [0.29, 0.717) is 25.2 Å². The van der Waals surface area contributed by atoms with Crippen molar-refractivity contribution in [2.45, 2.75) is 39.0 Å². The molecule has 1 aliphatic heterocycles. The number of pyridine rings is 1. The molecule has 10 nitrogen and oxygen atoms in total. The SMILES string of the molecule is CNC(=O)C1CCN(c2ccc(C[C@H](c3nn[nH]n3)[C@H](CC(C)C)C(=O)O)cn2)C1. The van der Waals surface area contributed by atoms with Crippen molar-refractivity contribution in [3.63, 3.8) is 0 Å². The molecule has 0 aliphatic carbocycles. The molecule has 1 fully saturated rings. The topological polar surface area (TPSA) is 137 Å². The number of amides is 1. The Morgan fingerprint density at radius 3 is 2.73 bits per heavy atom. The Hall–Kier alpha value is -3.04. The fourth-order valence-corrected chi connectivity index (χ4v) is 4.05. The third kappa shape index (κ3) is 5.11. The Morgan fingerprint density at radius 1 is 1.37 bits per heavy atom. The van der Waals surface area contributed by atoms with Gasteiger partial charge in [0.05, 0.1) is 11.8 Å². The lowest BCUT2D eigenvalue weighted by molar-refractivity contribution is -0.143. The number of aromatic amines is 1. The number of aliphatic carboxylic acids is 1. The molecule has 0 saturated carbocycles. The van der Waals surface area contributed by atoms with Gasteiger partial charge in [0.1, 0.15) is 5.82 Å². The molecule has 30 heavy (non-hydrogen) atoms. The molecule has 1 unspecified atom stereocenters. The molecule has 1 saturated heterocycles. The van der Waals surface area contributed by atoms with E-state index in [-0.39, 0.29) is 17.7 Å². The van der Waals surface area contributed by atoms with Crippen LogP contribution in [0.15, 0.2) is 18.3 Å². The van der Waals surface area contributed by atoms with E-state index in [1.54, 1.807) is 13.2 Å². The summed E-state index contributed by atoms with van der Waals surface area (Å²) in [4.78, 5) is 30.5. The summed E-state index contributed by atoms with van der Waals surface area (Å²) in [5.41, 5.74) is 0.908. The Labute approximate surface area is 175 Å². The summed E-state index contributed by atoms with van der Waals surface area (Å²) >= 11 is 0. The highest BCUT2D eigenvalue weighted by Crippen LogP contribution is 2.31. The lowest BCUT2D eigenvalue weighted by Gasteiger charge is -2.23. The Kier molecular flexibility index (Phi) is 6.96. The quantitative estimate of drug-likeness (QED) is 0.556. The second-order valence-electron chi connectivity index (χ2n) is 8.23. The first-order chi connectivity index (χ1) is 14.4. The molecular formula is C20H29N7O3. The first-order valence-corrected chi connectivity index (χ1v) is 10.3. The molecule has 0 spiro atoms. The van der Waals surface area contributed by atoms with Gasteiger partial charge in [-0.25, -0.2) is 4.98 Å². The molecule has 10 heteroatoms. The van der Waals surface area contributed by atoms with Gasteiger partial charge in [-0.2, -0.15) is 5.21 Å². The lowest BCUT2D eigenvalue weighted by Crippen LogP contribution is -2.30. The molecule has 0 radical (unpaired) electrons. The smallest absolute Gasteiger partial charge is 0.307 e. The average Bonchev–Trinajstić information content (AvgIpc) is 3.42. The summed E-state index contributed by atoms with van der Waals surface area (Å²) in [6, 6.07) is 3.88. The first-order valence-electron chi connectivity index (χ1n) is 10.3. The van der Waals surface area contributed by atoms with E-state index in [2.05, 4.69) is 35.8 Å². The largest absolute Gasteiger partial charge is 0.481 e. The van der Waals surface area contributed by atoms with Gasteiger partial charge in [0, 0.05) is 32.3 Å². The molecule has 2 aromatic rings. The number of nitrogens with zero attached hydrogens (tertiary/aromatic N) is 5. The monoisotopic (exact) mass is 415 g/mol. The van der Waals surface area contributed by atoms with Crippen molar-refractivity contribution < 1.29 is 14.7 Å². The van der Waals surface area contributed by atoms with E-state index in [4.69, 9.17) is 0 Å². The highest BCUT2D eigenvalue weighted by Gasteiger charge is 2.33. The van der Waals surface area contributed by atoms with Crippen molar-refractivity contribution in [2.24, 2.45) is 17.8 Å². The summed E-state index contributed by atoms with van der Waals surface area (Å²) < 4.78 is 0. The highest BCUT2D eigenvalue weighted by molar-refractivity contribution is 5.79. The molecule has 2 aromatic heterocycles. The van der Waals surface area contributed by atoms with Gasteiger partial charge in [-0.05, 0) is 36.8 Å². The minimum absolute atomic E-state index is 0.0218. The van der Waals surface area contributed by atoms with Gasteiger partial charge in [-0.15, -0.1) is 10.2 Å². The average molecular weight is 415 g/mol. The standard InChI is InChI=1S/C20H29N7O3/c1-12(2)8-16(20(29)30)15(18-23-25-26-24-18)9-13-4-5-17(22-10-13)27-7-6-14(11-27)19(28)21-3/h4-5,10,12,14-16H,6-9,11H2,1-3H3,(H,21,28)(H,29,30)(H,23,24,25,26)/t14?,15-,16-/m0/s1. The van der Waals surface area contributed by atoms with Gasteiger partial charge in [-0.3, -0.25) is 9.59 Å². The zero-order valence-corrected chi connectivity index (χ0v) is 17.6. The molecule has 1 amide bonds. The van der Waals surface area contributed by atoms with Crippen molar-refractivity contribution in [1.29, 1.82) is 0 Å².